The van der Waals surface area contributed by atoms with E-state index in [1.807, 2.05) is 4.90 Å². The highest BCUT2D eigenvalue weighted by Crippen LogP contribution is 2.21. The molecule has 3 N–H and O–H groups in total. The van der Waals surface area contributed by atoms with Crippen LogP contribution >= 0.6 is 15.9 Å². The standard InChI is InChI=1S/C13H16BrN3O3/c14-10-2-1-9(7-11(10)15)13(20)17-5-3-16(4-6-17)8-12(18)19/h1-2,7H,3-6,8,15H2,(H,18,19). The van der Waals surface area contributed by atoms with E-state index in [9.17, 15) is 9.59 Å². The third-order valence-electron chi connectivity index (χ3n) is 3.26. The van der Waals surface area contributed by atoms with Crippen molar-refractivity contribution in [1.82, 2.24) is 9.80 Å². The zero-order chi connectivity index (χ0) is 14.7. The van der Waals surface area contributed by atoms with Crippen LogP contribution in [-0.4, -0.2) is 59.5 Å². The van der Waals surface area contributed by atoms with Gasteiger partial charge in [0.15, 0.2) is 0 Å². The van der Waals surface area contributed by atoms with Crippen molar-refractivity contribution >= 4 is 33.5 Å². The summed E-state index contributed by atoms with van der Waals surface area (Å²) in [6, 6.07) is 5.13. The van der Waals surface area contributed by atoms with Crippen molar-refractivity contribution in [2.75, 3.05) is 38.5 Å². The quantitative estimate of drug-likeness (QED) is 0.796. The Balaban J connectivity index is 1.97. The van der Waals surface area contributed by atoms with Gasteiger partial charge in [0.05, 0.1) is 6.54 Å². The molecule has 6 nitrogen and oxygen atoms in total. The molecule has 0 bridgehead atoms. The lowest BCUT2D eigenvalue weighted by atomic mass is 10.1. The fourth-order valence-electron chi connectivity index (χ4n) is 2.16. The van der Waals surface area contributed by atoms with Gasteiger partial charge in [-0.2, -0.15) is 0 Å². The van der Waals surface area contributed by atoms with Crippen molar-refractivity contribution in [2.24, 2.45) is 0 Å². The number of carbonyl (C=O) groups excluding carboxylic acids is 1. The summed E-state index contributed by atoms with van der Waals surface area (Å²) in [5.41, 5.74) is 6.85. The smallest absolute Gasteiger partial charge is 0.317 e. The van der Waals surface area contributed by atoms with Gasteiger partial charge in [0, 0.05) is 41.9 Å². The van der Waals surface area contributed by atoms with Crippen molar-refractivity contribution in [1.29, 1.82) is 0 Å². The van der Waals surface area contributed by atoms with Crippen molar-refractivity contribution in [2.45, 2.75) is 0 Å². The lowest BCUT2D eigenvalue weighted by molar-refractivity contribution is -0.138. The van der Waals surface area contributed by atoms with Gasteiger partial charge in [0.2, 0.25) is 0 Å². The molecule has 0 radical (unpaired) electrons. The molecule has 1 aliphatic heterocycles. The molecule has 108 valence electrons. The van der Waals surface area contributed by atoms with Crippen LogP contribution < -0.4 is 5.73 Å². The Morgan fingerprint density at radius 3 is 2.45 bits per heavy atom. The predicted molar refractivity (Wildman–Crippen MR) is 78.5 cm³/mol. The maximum Gasteiger partial charge on any atom is 0.317 e. The summed E-state index contributed by atoms with van der Waals surface area (Å²) in [4.78, 5) is 26.5. The van der Waals surface area contributed by atoms with E-state index in [-0.39, 0.29) is 12.5 Å². The molecule has 20 heavy (non-hydrogen) atoms. The van der Waals surface area contributed by atoms with Crippen LogP contribution in [0.3, 0.4) is 0 Å². The first-order valence-corrected chi connectivity index (χ1v) is 7.05. The van der Waals surface area contributed by atoms with Crippen LogP contribution in [0.15, 0.2) is 22.7 Å². The minimum atomic E-state index is -0.842. The van der Waals surface area contributed by atoms with E-state index in [4.69, 9.17) is 10.8 Å². The van der Waals surface area contributed by atoms with Gasteiger partial charge in [-0.3, -0.25) is 14.5 Å². The molecule has 1 heterocycles. The fourth-order valence-corrected chi connectivity index (χ4v) is 2.41. The number of amides is 1. The highest BCUT2D eigenvalue weighted by atomic mass is 79.9. The number of rotatable bonds is 3. The molecule has 0 saturated carbocycles. The normalized spacial score (nSPS) is 16.1. The molecule has 0 spiro atoms. The van der Waals surface area contributed by atoms with Crippen LogP contribution in [0.1, 0.15) is 10.4 Å². The maximum absolute atomic E-state index is 12.3. The number of carboxylic acids is 1. The number of benzene rings is 1. The van der Waals surface area contributed by atoms with Crippen molar-refractivity contribution < 1.29 is 14.7 Å². The summed E-state index contributed by atoms with van der Waals surface area (Å²) >= 11 is 3.29. The molecule has 1 aromatic rings. The fraction of sp³-hybridized carbons (Fsp3) is 0.385. The Morgan fingerprint density at radius 2 is 1.90 bits per heavy atom. The van der Waals surface area contributed by atoms with Crippen LogP contribution in [0.4, 0.5) is 5.69 Å². The molecule has 1 saturated heterocycles. The van der Waals surface area contributed by atoms with Crippen LogP contribution in [-0.2, 0) is 4.79 Å². The first-order chi connectivity index (χ1) is 9.47. The Labute approximate surface area is 125 Å². The number of nitrogens with two attached hydrogens (primary N) is 1. The highest BCUT2D eigenvalue weighted by molar-refractivity contribution is 9.10. The number of nitrogen functional groups attached to an aromatic ring is 1. The Kier molecular flexibility index (Phi) is 4.61. The summed E-state index contributed by atoms with van der Waals surface area (Å²) in [6.07, 6.45) is 0. The Morgan fingerprint density at radius 1 is 1.25 bits per heavy atom. The molecule has 2 rings (SSSR count). The molecular formula is C13H16BrN3O3. The third-order valence-corrected chi connectivity index (χ3v) is 3.98. The first-order valence-electron chi connectivity index (χ1n) is 6.26. The van der Waals surface area contributed by atoms with Gasteiger partial charge in [0.25, 0.3) is 5.91 Å². The minimum absolute atomic E-state index is 0.0211. The highest BCUT2D eigenvalue weighted by Gasteiger charge is 2.23. The molecule has 0 aliphatic carbocycles. The molecule has 1 fully saturated rings. The summed E-state index contributed by atoms with van der Waals surface area (Å²) < 4.78 is 0.764. The molecule has 1 amide bonds. The van der Waals surface area contributed by atoms with Crippen molar-refractivity contribution in [3.63, 3.8) is 0 Å². The number of carboxylic acid groups (broad SMARTS) is 1. The van der Waals surface area contributed by atoms with E-state index >= 15 is 0 Å². The summed E-state index contributed by atoms with van der Waals surface area (Å²) in [7, 11) is 0. The maximum atomic E-state index is 12.3. The number of nitrogens with zero attached hydrogens (tertiary/aromatic N) is 2. The predicted octanol–water partition coefficient (Wildman–Crippen LogP) is 0.874. The van der Waals surface area contributed by atoms with Gasteiger partial charge in [-0.05, 0) is 34.1 Å². The number of anilines is 1. The number of aliphatic carboxylic acids is 1. The second-order valence-electron chi connectivity index (χ2n) is 4.70. The SMILES string of the molecule is Nc1cc(C(=O)N2CCN(CC(=O)O)CC2)ccc1Br. The van der Waals surface area contributed by atoms with Gasteiger partial charge < -0.3 is 15.7 Å². The van der Waals surface area contributed by atoms with Crippen LogP contribution in [0, 0.1) is 0 Å². The average Bonchev–Trinajstić information content (AvgIpc) is 2.41. The number of piperazine rings is 1. The van der Waals surface area contributed by atoms with Gasteiger partial charge in [0.1, 0.15) is 0 Å². The van der Waals surface area contributed by atoms with Crippen molar-refractivity contribution in [3.05, 3.63) is 28.2 Å². The molecule has 7 heteroatoms. The summed E-state index contributed by atoms with van der Waals surface area (Å²) in [5, 5.41) is 8.73. The number of carbonyl (C=O) groups is 2. The molecule has 0 aromatic heterocycles. The second-order valence-corrected chi connectivity index (χ2v) is 5.55. The zero-order valence-electron chi connectivity index (χ0n) is 10.9. The van der Waals surface area contributed by atoms with Gasteiger partial charge >= 0.3 is 5.97 Å². The zero-order valence-corrected chi connectivity index (χ0v) is 12.5. The van der Waals surface area contributed by atoms with E-state index in [0.29, 0.717) is 37.4 Å². The van der Waals surface area contributed by atoms with E-state index in [2.05, 4.69) is 15.9 Å². The van der Waals surface area contributed by atoms with E-state index in [0.717, 1.165) is 4.47 Å². The minimum Gasteiger partial charge on any atom is -0.480 e. The molecule has 1 aliphatic rings. The first kappa shape index (κ1) is 14.8. The van der Waals surface area contributed by atoms with Crippen LogP contribution in [0.2, 0.25) is 0 Å². The summed E-state index contributed by atoms with van der Waals surface area (Å²) in [6.45, 7) is 2.23. The second kappa shape index (κ2) is 6.23. The molecule has 0 atom stereocenters. The van der Waals surface area contributed by atoms with Gasteiger partial charge in [-0.1, -0.05) is 0 Å². The number of halogens is 1. The topological polar surface area (TPSA) is 86.9 Å². The van der Waals surface area contributed by atoms with E-state index < -0.39 is 5.97 Å². The largest absolute Gasteiger partial charge is 0.480 e. The molecule has 0 unspecified atom stereocenters. The molecule has 1 aromatic carbocycles. The Bertz CT molecular complexity index is 528. The number of hydrogen-bond donors (Lipinski definition) is 2. The third kappa shape index (κ3) is 3.49. The van der Waals surface area contributed by atoms with Gasteiger partial charge in [-0.15, -0.1) is 0 Å². The summed E-state index contributed by atoms with van der Waals surface area (Å²) in [5.74, 6) is -0.912. The lowest BCUT2D eigenvalue weighted by Gasteiger charge is -2.33. The monoisotopic (exact) mass is 341 g/mol. The Hall–Kier alpha value is -1.60. The van der Waals surface area contributed by atoms with E-state index in [1.54, 1.807) is 23.1 Å². The van der Waals surface area contributed by atoms with Gasteiger partial charge in [-0.25, -0.2) is 0 Å². The molecular weight excluding hydrogens is 326 g/mol. The number of hydrogen-bond acceptors (Lipinski definition) is 4. The van der Waals surface area contributed by atoms with Crippen LogP contribution in [0.5, 0.6) is 0 Å². The van der Waals surface area contributed by atoms with Crippen molar-refractivity contribution in [3.8, 4) is 0 Å². The van der Waals surface area contributed by atoms with Crippen LogP contribution in [0.25, 0.3) is 0 Å². The van der Waals surface area contributed by atoms with E-state index in [1.165, 1.54) is 0 Å². The lowest BCUT2D eigenvalue weighted by Crippen LogP contribution is -2.49. The average molecular weight is 342 g/mol.